The molecule has 0 heterocycles. The standard InChI is InChI=1S/C20H21ClO2S/c1-15-5-3-7-17(11-15)24-18-9-8-16(19(21)12-18)6-4-10-20(2,13-22)14-23/h3,5,7-9,11-14H,4,6,10H2,1-2H3. The third-order valence-electron chi connectivity index (χ3n) is 3.95. The summed E-state index contributed by atoms with van der Waals surface area (Å²) < 4.78 is 0. The van der Waals surface area contributed by atoms with E-state index >= 15 is 0 Å². The average Bonchev–Trinajstić information content (AvgIpc) is 2.56. The summed E-state index contributed by atoms with van der Waals surface area (Å²) in [5.41, 5.74) is 1.40. The Kier molecular flexibility index (Phi) is 6.64. The highest BCUT2D eigenvalue weighted by Crippen LogP contribution is 2.32. The van der Waals surface area contributed by atoms with Gasteiger partial charge in [-0.05, 0) is 62.9 Å². The highest BCUT2D eigenvalue weighted by atomic mass is 35.5. The maximum absolute atomic E-state index is 10.9. The zero-order chi connectivity index (χ0) is 17.6. The molecule has 2 aromatic carbocycles. The van der Waals surface area contributed by atoms with E-state index in [0.717, 1.165) is 40.9 Å². The fourth-order valence-electron chi connectivity index (χ4n) is 2.41. The summed E-state index contributed by atoms with van der Waals surface area (Å²) in [4.78, 5) is 24.2. The molecule has 2 rings (SSSR count). The van der Waals surface area contributed by atoms with E-state index in [9.17, 15) is 9.59 Å². The van der Waals surface area contributed by atoms with Crippen LogP contribution < -0.4 is 0 Å². The van der Waals surface area contributed by atoms with Crippen molar-refractivity contribution in [3.63, 3.8) is 0 Å². The zero-order valence-electron chi connectivity index (χ0n) is 13.9. The molecule has 24 heavy (non-hydrogen) atoms. The molecule has 4 heteroatoms. The summed E-state index contributed by atoms with van der Waals surface area (Å²) in [5.74, 6) is 0. The summed E-state index contributed by atoms with van der Waals surface area (Å²) >= 11 is 8.08. The van der Waals surface area contributed by atoms with Crippen molar-refractivity contribution in [3.05, 3.63) is 58.6 Å². The first-order chi connectivity index (χ1) is 11.5. The summed E-state index contributed by atoms with van der Waals surface area (Å²) in [7, 11) is 0. The van der Waals surface area contributed by atoms with Gasteiger partial charge in [0.25, 0.3) is 0 Å². The molecule has 0 amide bonds. The van der Waals surface area contributed by atoms with E-state index in [1.807, 2.05) is 18.2 Å². The molecule has 0 aliphatic carbocycles. The Bertz CT molecular complexity index is 719. The first kappa shape index (κ1) is 18.8. The van der Waals surface area contributed by atoms with E-state index in [0.29, 0.717) is 6.42 Å². The lowest BCUT2D eigenvalue weighted by molar-refractivity contribution is -0.125. The van der Waals surface area contributed by atoms with Gasteiger partial charge in [-0.15, -0.1) is 0 Å². The van der Waals surface area contributed by atoms with Gasteiger partial charge in [0.05, 0.1) is 5.41 Å². The van der Waals surface area contributed by atoms with Crippen molar-refractivity contribution in [1.82, 2.24) is 0 Å². The lowest BCUT2D eigenvalue weighted by atomic mass is 9.87. The van der Waals surface area contributed by atoms with Crippen LogP contribution in [-0.4, -0.2) is 12.6 Å². The highest BCUT2D eigenvalue weighted by Gasteiger charge is 2.22. The molecule has 0 bridgehead atoms. The molecule has 0 aliphatic rings. The van der Waals surface area contributed by atoms with E-state index in [4.69, 9.17) is 11.6 Å². The lowest BCUT2D eigenvalue weighted by Gasteiger charge is -2.15. The third-order valence-corrected chi connectivity index (χ3v) is 5.28. The third kappa shape index (κ3) is 5.22. The summed E-state index contributed by atoms with van der Waals surface area (Å²) in [5, 5.41) is 0.728. The maximum Gasteiger partial charge on any atom is 0.132 e. The van der Waals surface area contributed by atoms with Crippen LogP contribution in [0.4, 0.5) is 0 Å². The number of carbonyl (C=O) groups excluding carboxylic acids is 2. The Hall–Kier alpha value is -1.58. The molecule has 0 aromatic heterocycles. The summed E-state index contributed by atoms with van der Waals surface area (Å²) in [6.45, 7) is 3.74. The molecular weight excluding hydrogens is 340 g/mol. The molecule has 0 aliphatic heterocycles. The molecule has 0 N–H and O–H groups in total. The van der Waals surface area contributed by atoms with Crippen LogP contribution in [0.3, 0.4) is 0 Å². The van der Waals surface area contributed by atoms with Crippen molar-refractivity contribution < 1.29 is 9.59 Å². The van der Waals surface area contributed by atoms with Crippen molar-refractivity contribution in [2.75, 3.05) is 0 Å². The fraction of sp³-hybridized carbons (Fsp3) is 0.300. The van der Waals surface area contributed by atoms with Crippen LogP contribution in [-0.2, 0) is 16.0 Å². The van der Waals surface area contributed by atoms with E-state index in [1.165, 1.54) is 10.5 Å². The van der Waals surface area contributed by atoms with Gasteiger partial charge in [-0.25, -0.2) is 0 Å². The quantitative estimate of drug-likeness (QED) is 0.458. The topological polar surface area (TPSA) is 34.1 Å². The Labute approximate surface area is 152 Å². The molecule has 0 unspecified atom stereocenters. The zero-order valence-corrected chi connectivity index (χ0v) is 15.5. The number of hydrogen-bond acceptors (Lipinski definition) is 3. The molecule has 0 atom stereocenters. The first-order valence-electron chi connectivity index (χ1n) is 7.91. The average molecular weight is 361 g/mol. The molecule has 2 nitrogen and oxygen atoms in total. The molecule has 0 fully saturated rings. The minimum absolute atomic E-state index is 0.538. The van der Waals surface area contributed by atoms with Crippen LogP contribution >= 0.6 is 23.4 Å². The van der Waals surface area contributed by atoms with Crippen LogP contribution in [0.2, 0.25) is 5.02 Å². The Morgan fingerprint density at radius 2 is 1.79 bits per heavy atom. The van der Waals surface area contributed by atoms with Gasteiger partial charge in [0.1, 0.15) is 12.6 Å². The van der Waals surface area contributed by atoms with E-state index in [-0.39, 0.29) is 0 Å². The predicted molar refractivity (Wildman–Crippen MR) is 99.9 cm³/mol. The second-order valence-electron chi connectivity index (χ2n) is 6.27. The Morgan fingerprint density at radius 1 is 1.08 bits per heavy atom. The minimum Gasteiger partial charge on any atom is -0.302 e. The molecule has 0 spiro atoms. The summed E-state index contributed by atoms with van der Waals surface area (Å²) in [6.07, 6.45) is 3.49. The van der Waals surface area contributed by atoms with Crippen molar-refractivity contribution in [1.29, 1.82) is 0 Å². The van der Waals surface area contributed by atoms with Crippen LogP contribution in [0.25, 0.3) is 0 Å². The minimum atomic E-state index is -0.882. The van der Waals surface area contributed by atoms with Crippen LogP contribution in [0.1, 0.15) is 30.9 Å². The number of benzene rings is 2. The van der Waals surface area contributed by atoms with Gasteiger partial charge in [0, 0.05) is 14.8 Å². The lowest BCUT2D eigenvalue weighted by Crippen LogP contribution is -2.19. The van der Waals surface area contributed by atoms with Gasteiger partial charge >= 0.3 is 0 Å². The molecule has 2 aromatic rings. The number of halogens is 1. The van der Waals surface area contributed by atoms with Crippen molar-refractivity contribution >= 4 is 35.9 Å². The molecule has 126 valence electrons. The SMILES string of the molecule is Cc1cccc(Sc2ccc(CCCC(C)(C=O)C=O)c(Cl)c2)c1. The van der Waals surface area contributed by atoms with E-state index < -0.39 is 5.41 Å². The normalized spacial score (nSPS) is 11.3. The maximum atomic E-state index is 10.9. The molecule has 0 saturated heterocycles. The van der Waals surface area contributed by atoms with Gasteiger partial charge in [-0.3, -0.25) is 0 Å². The van der Waals surface area contributed by atoms with Crippen molar-refractivity contribution in [2.24, 2.45) is 5.41 Å². The number of aryl methyl sites for hydroxylation is 2. The van der Waals surface area contributed by atoms with Crippen molar-refractivity contribution in [3.8, 4) is 0 Å². The molecular formula is C20H21ClO2S. The Morgan fingerprint density at radius 3 is 2.42 bits per heavy atom. The fourth-order valence-corrected chi connectivity index (χ4v) is 3.73. The number of hydrogen-bond donors (Lipinski definition) is 0. The summed E-state index contributed by atoms with van der Waals surface area (Å²) in [6, 6.07) is 14.4. The largest absolute Gasteiger partial charge is 0.302 e. The highest BCUT2D eigenvalue weighted by molar-refractivity contribution is 7.99. The smallest absolute Gasteiger partial charge is 0.132 e. The van der Waals surface area contributed by atoms with Crippen LogP contribution in [0.15, 0.2) is 52.3 Å². The molecule has 0 saturated carbocycles. The monoisotopic (exact) mass is 360 g/mol. The van der Waals surface area contributed by atoms with Gasteiger partial charge in [0.15, 0.2) is 0 Å². The van der Waals surface area contributed by atoms with Crippen LogP contribution in [0.5, 0.6) is 0 Å². The van der Waals surface area contributed by atoms with E-state index in [2.05, 4.69) is 31.2 Å². The Balaban J connectivity index is 1.99. The van der Waals surface area contributed by atoms with Crippen molar-refractivity contribution in [2.45, 2.75) is 42.9 Å². The number of rotatable bonds is 8. The molecule has 0 radical (unpaired) electrons. The second kappa shape index (κ2) is 8.50. The van der Waals surface area contributed by atoms with E-state index in [1.54, 1.807) is 18.7 Å². The predicted octanol–water partition coefficient (Wildman–Crippen LogP) is 5.53. The second-order valence-corrected chi connectivity index (χ2v) is 7.82. The van der Waals surface area contributed by atoms with Crippen LogP contribution in [0, 0.1) is 12.3 Å². The number of aldehydes is 2. The van der Waals surface area contributed by atoms with Gasteiger partial charge in [0.2, 0.25) is 0 Å². The van der Waals surface area contributed by atoms with Gasteiger partial charge < -0.3 is 9.59 Å². The first-order valence-corrected chi connectivity index (χ1v) is 9.11. The van der Waals surface area contributed by atoms with Gasteiger partial charge in [-0.2, -0.15) is 0 Å². The van der Waals surface area contributed by atoms with Gasteiger partial charge in [-0.1, -0.05) is 47.1 Å². The number of carbonyl (C=O) groups is 2.